The number of rotatable bonds is 4. The number of carboxylic acid groups (broad SMARTS) is 1. The Kier molecular flexibility index (Phi) is 4.98. The number of carbonyl (C=O) groups is 2. The van der Waals surface area contributed by atoms with Crippen LogP contribution >= 0.6 is 11.6 Å². The fourth-order valence-corrected chi connectivity index (χ4v) is 2.53. The highest BCUT2D eigenvalue weighted by Crippen LogP contribution is 2.23. The Balaban J connectivity index is 2.03. The van der Waals surface area contributed by atoms with Crippen LogP contribution in [0.2, 0.25) is 5.02 Å². The summed E-state index contributed by atoms with van der Waals surface area (Å²) in [6.45, 7) is 1.85. The minimum Gasteiger partial charge on any atom is -0.478 e. The Bertz CT molecular complexity index is 513. The van der Waals surface area contributed by atoms with Gasteiger partial charge in [0.1, 0.15) is 0 Å². The monoisotopic (exact) mass is 296 g/mol. The summed E-state index contributed by atoms with van der Waals surface area (Å²) in [5.41, 5.74) is 0.303. The van der Waals surface area contributed by atoms with Crippen LogP contribution < -0.4 is 10.6 Å². The minimum absolute atomic E-state index is 0.0491. The first-order chi connectivity index (χ1) is 9.56. The van der Waals surface area contributed by atoms with Crippen molar-refractivity contribution in [2.75, 3.05) is 18.4 Å². The summed E-state index contributed by atoms with van der Waals surface area (Å²) in [6.07, 6.45) is 2.34. The first kappa shape index (κ1) is 14.8. The van der Waals surface area contributed by atoms with E-state index >= 15 is 0 Å². The van der Waals surface area contributed by atoms with Gasteiger partial charge in [-0.3, -0.25) is 4.79 Å². The zero-order chi connectivity index (χ0) is 14.5. The molecule has 0 aliphatic carbocycles. The average molecular weight is 297 g/mol. The lowest BCUT2D eigenvalue weighted by Gasteiger charge is -2.22. The van der Waals surface area contributed by atoms with Gasteiger partial charge in [0.2, 0.25) is 5.91 Å². The topological polar surface area (TPSA) is 78.4 Å². The van der Waals surface area contributed by atoms with Gasteiger partial charge in [-0.25, -0.2) is 4.79 Å². The minimum atomic E-state index is -1.08. The highest BCUT2D eigenvalue weighted by molar-refractivity contribution is 6.31. The smallest absolute Gasteiger partial charge is 0.337 e. The van der Waals surface area contributed by atoms with Crippen LogP contribution in [0.25, 0.3) is 0 Å². The Morgan fingerprint density at radius 2 is 2.05 bits per heavy atom. The number of benzene rings is 1. The number of piperidine rings is 1. The van der Waals surface area contributed by atoms with E-state index in [0.717, 1.165) is 25.9 Å². The van der Waals surface area contributed by atoms with Crippen molar-refractivity contribution in [1.29, 1.82) is 0 Å². The molecule has 20 heavy (non-hydrogen) atoms. The lowest BCUT2D eigenvalue weighted by molar-refractivity contribution is -0.117. The number of hydrogen-bond acceptors (Lipinski definition) is 3. The van der Waals surface area contributed by atoms with Gasteiger partial charge in [-0.1, -0.05) is 11.6 Å². The number of anilines is 1. The summed E-state index contributed by atoms with van der Waals surface area (Å²) in [6, 6.07) is 4.35. The fourth-order valence-electron chi connectivity index (χ4n) is 2.36. The number of aromatic carboxylic acids is 1. The second-order valence-electron chi connectivity index (χ2n) is 4.94. The van der Waals surface area contributed by atoms with E-state index in [2.05, 4.69) is 10.6 Å². The maximum Gasteiger partial charge on any atom is 0.337 e. The Labute approximate surface area is 122 Å². The number of hydrogen-bond donors (Lipinski definition) is 3. The summed E-state index contributed by atoms with van der Waals surface area (Å²) in [7, 11) is 0. The van der Waals surface area contributed by atoms with Crippen molar-refractivity contribution in [3.63, 3.8) is 0 Å². The van der Waals surface area contributed by atoms with Gasteiger partial charge in [-0.05, 0) is 50.0 Å². The molecule has 2 rings (SSSR count). The van der Waals surface area contributed by atoms with Gasteiger partial charge < -0.3 is 15.7 Å². The first-order valence-corrected chi connectivity index (χ1v) is 6.97. The van der Waals surface area contributed by atoms with Gasteiger partial charge in [0.25, 0.3) is 0 Å². The molecule has 1 aromatic carbocycles. The normalized spacial score (nSPS) is 15.8. The van der Waals surface area contributed by atoms with Crippen molar-refractivity contribution in [3.05, 3.63) is 28.8 Å². The lowest BCUT2D eigenvalue weighted by Crippen LogP contribution is -2.30. The molecule has 1 aromatic rings. The second-order valence-corrected chi connectivity index (χ2v) is 5.38. The molecule has 0 radical (unpaired) electrons. The van der Waals surface area contributed by atoms with E-state index in [1.54, 1.807) is 0 Å². The fraction of sp³-hybridized carbons (Fsp3) is 0.429. The van der Waals surface area contributed by atoms with E-state index in [4.69, 9.17) is 16.7 Å². The van der Waals surface area contributed by atoms with Crippen LogP contribution in [0.4, 0.5) is 5.69 Å². The summed E-state index contributed by atoms with van der Waals surface area (Å²) >= 11 is 5.84. The van der Waals surface area contributed by atoms with Gasteiger partial charge in [0, 0.05) is 11.4 Å². The molecule has 3 N–H and O–H groups in total. The van der Waals surface area contributed by atoms with Crippen molar-refractivity contribution in [1.82, 2.24) is 5.32 Å². The Morgan fingerprint density at radius 1 is 1.35 bits per heavy atom. The van der Waals surface area contributed by atoms with E-state index in [9.17, 15) is 9.59 Å². The number of halogens is 1. The zero-order valence-electron chi connectivity index (χ0n) is 11.0. The molecule has 5 nitrogen and oxygen atoms in total. The summed E-state index contributed by atoms with van der Waals surface area (Å²) in [5, 5.41) is 15.4. The largest absolute Gasteiger partial charge is 0.478 e. The second kappa shape index (κ2) is 6.72. The molecule has 1 heterocycles. The number of nitrogens with one attached hydrogen (secondary N) is 2. The molecule has 0 unspecified atom stereocenters. The molecule has 0 spiro atoms. The van der Waals surface area contributed by atoms with Crippen LogP contribution in [0.15, 0.2) is 18.2 Å². The quantitative estimate of drug-likeness (QED) is 0.797. The van der Waals surface area contributed by atoms with E-state index in [-0.39, 0.29) is 17.2 Å². The zero-order valence-corrected chi connectivity index (χ0v) is 11.7. The predicted molar refractivity (Wildman–Crippen MR) is 77.3 cm³/mol. The van der Waals surface area contributed by atoms with Crippen LogP contribution in [0, 0.1) is 5.92 Å². The first-order valence-electron chi connectivity index (χ1n) is 6.59. The van der Waals surface area contributed by atoms with Crippen LogP contribution in [0.3, 0.4) is 0 Å². The van der Waals surface area contributed by atoms with E-state index in [0.29, 0.717) is 17.4 Å². The maximum absolute atomic E-state index is 12.0. The summed E-state index contributed by atoms with van der Waals surface area (Å²) < 4.78 is 0. The van der Waals surface area contributed by atoms with Crippen LogP contribution in [-0.4, -0.2) is 30.1 Å². The molecule has 0 bridgehead atoms. The van der Waals surface area contributed by atoms with Crippen molar-refractivity contribution in [3.8, 4) is 0 Å². The van der Waals surface area contributed by atoms with E-state index < -0.39 is 5.97 Å². The third-order valence-electron chi connectivity index (χ3n) is 3.42. The predicted octanol–water partition coefficient (Wildman–Crippen LogP) is 2.37. The van der Waals surface area contributed by atoms with Gasteiger partial charge >= 0.3 is 5.97 Å². The molecule has 1 amide bonds. The molecule has 1 aliphatic rings. The van der Waals surface area contributed by atoms with Gasteiger partial charge in [0.05, 0.1) is 11.3 Å². The van der Waals surface area contributed by atoms with Gasteiger partial charge in [0.15, 0.2) is 0 Å². The third-order valence-corrected chi connectivity index (χ3v) is 3.65. The van der Waals surface area contributed by atoms with Crippen LogP contribution in [0.1, 0.15) is 29.6 Å². The Hall–Kier alpha value is -1.59. The molecular weight excluding hydrogens is 280 g/mol. The van der Waals surface area contributed by atoms with Crippen molar-refractivity contribution in [2.24, 2.45) is 5.92 Å². The van der Waals surface area contributed by atoms with Crippen molar-refractivity contribution < 1.29 is 14.7 Å². The molecule has 0 atom stereocenters. The number of carboxylic acids is 1. The highest BCUT2D eigenvalue weighted by Gasteiger charge is 2.18. The summed E-state index contributed by atoms with van der Waals surface area (Å²) in [5.74, 6) is -0.899. The molecule has 1 fully saturated rings. The highest BCUT2D eigenvalue weighted by atomic mass is 35.5. The van der Waals surface area contributed by atoms with Gasteiger partial charge in [-0.2, -0.15) is 0 Å². The SMILES string of the molecule is O=C(CC1CCNCC1)Nc1cc(Cl)ccc1C(=O)O. The maximum atomic E-state index is 12.0. The molecular formula is C14H17ClN2O3. The molecule has 6 heteroatoms. The van der Waals surface area contributed by atoms with E-state index in [1.807, 2.05) is 0 Å². The number of carbonyl (C=O) groups excluding carboxylic acids is 1. The molecule has 108 valence electrons. The summed E-state index contributed by atoms with van der Waals surface area (Å²) in [4.78, 5) is 23.1. The van der Waals surface area contributed by atoms with Crippen molar-refractivity contribution >= 4 is 29.2 Å². The van der Waals surface area contributed by atoms with Crippen LogP contribution in [0.5, 0.6) is 0 Å². The Morgan fingerprint density at radius 3 is 2.70 bits per heavy atom. The number of amides is 1. The third kappa shape index (κ3) is 3.95. The standard InChI is InChI=1S/C14H17ClN2O3/c15-10-1-2-11(14(19)20)12(8-10)17-13(18)7-9-3-5-16-6-4-9/h1-2,8-9,16H,3-7H2,(H,17,18)(H,19,20). The lowest BCUT2D eigenvalue weighted by atomic mass is 9.94. The molecule has 0 saturated carbocycles. The molecule has 0 aromatic heterocycles. The molecule has 1 aliphatic heterocycles. The van der Waals surface area contributed by atoms with Gasteiger partial charge in [-0.15, -0.1) is 0 Å². The molecule has 1 saturated heterocycles. The van der Waals surface area contributed by atoms with Crippen molar-refractivity contribution in [2.45, 2.75) is 19.3 Å². The average Bonchev–Trinajstić information content (AvgIpc) is 2.39. The van der Waals surface area contributed by atoms with Crippen LogP contribution in [-0.2, 0) is 4.79 Å². The van der Waals surface area contributed by atoms with E-state index in [1.165, 1.54) is 18.2 Å².